The van der Waals surface area contributed by atoms with Crippen molar-refractivity contribution < 1.29 is 14.0 Å². The van der Waals surface area contributed by atoms with Crippen LogP contribution in [0.4, 0.5) is 4.39 Å². The van der Waals surface area contributed by atoms with Crippen LogP contribution < -0.4 is 10.6 Å². The zero-order valence-electron chi connectivity index (χ0n) is 16.2. The molecule has 2 amide bonds. The summed E-state index contributed by atoms with van der Waals surface area (Å²) in [7, 11) is 0. The smallest absolute Gasteiger partial charge is 0.242 e. The Morgan fingerprint density at radius 2 is 1.80 bits per heavy atom. The number of carbonyl (C=O) groups excluding carboxylic acids is 2. The Morgan fingerprint density at radius 1 is 1.10 bits per heavy atom. The first-order chi connectivity index (χ1) is 14.5. The van der Waals surface area contributed by atoms with Gasteiger partial charge < -0.3 is 15.6 Å². The molecule has 154 valence electrons. The summed E-state index contributed by atoms with van der Waals surface area (Å²) < 4.78 is 13.4. The molecule has 1 aliphatic heterocycles. The van der Waals surface area contributed by atoms with Crippen LogP contribution >= 0.6 is 11.6 Å². The van der Waals surface area contributed by atoms with E-state index >= 15 is 0 Å². The molecule has 2 heterocycles. The van der Waals surface area contributed by atoms with E-state index < -0.39 is 6.04 Å². The van der Waals surface area contributed by atoms with Crippen LogP contribution in [0.15, 0.2) is 54.6 Å². The van der Waals surface area contributed by atoms with E-state index in [1.54, 1.807) is 12.1 Å². The van der Waals surface area contributed by atoms with Crippen LogP contribution in [0.1, 0.15) is 18.4 Å². The average molecular weight is 426 g/mol. The zero-order chi connectivity index (χ0) is 21.1. The fourth-order valence-corrected chi connectivity index (χ4v) is 3.73. The summed E-state index contributed by atoms with van der Waals surface area (Å²) in [5.41, 5.74) is 4.46. The van der Waals surface area contributed by atoms with Crippen molar-refractivity contribution in [2.45, 2.75) is 25.3 Å². The van der Waals surface area contributed by atoms with Gasteiger partial charge in [0.1, 0.15) is 11.9 Å². The van der Waals surface area contributed by atoms with E-state index in [-0.39, 0.29) is 24.1 Å². The number of H-pyrrole nitrogens is 1. The highest BCUT2D eigenvalue weighted by molar-refractivity contribution is 6.30. The van der Waals surface area contributed by atoms with Crippen molar-refractivity contribution in [1.82, 2.24) is 15.6 Å². The molecule has 0 radical (unpaired) electrons. The van der Waals surface area contributed by atoms with Gasteiger partial charge >= 0.3 is 0 Å². The van der Waals surface area contributed by atoms with Crippen LogP contribution in [0.25, 0.3) is 22.5 Å². The second-order valence-electron chi connectivity index (χ2n) is 7.30. The lowest BCUT2D eigenvalue weighted by atomic mass is 10.0. The third kappa shape index (κ3) is 4.54. The quantitative estimate of drug-likeness (QED) is 0.556. The number of hydrogen-bond acceptors (Lipinski definition) is 2. The van der Waals surface area contributed by atoms with Gasteiger partial charge in [0.2, 0.25) is 11.8 Å². The van der Waals surface area contributed by atoms with E-state index in [1.165, 1.54) is 12.1 Å². The monoisotopic (exact) mass is 425 g/mol. The van der Waals surface area contributed by atoms with E-state index in [0.717, 1.165) is 28.1 Å². The predicted octanol–water partition coefficient (Wildman–Crippen LogP) is 4.08. The van der Waals surface area contributed by atoms with Gasteiger partial charge in [-0.3, -0.25) is 9.59 Å². The second-order valence-corrected chi connectivity index (χ2v) is 7.73. The van der Waals surface area contributed by atoms with Crippen molar-refractivity contribution in [3.05, 3.63) is 71.0 Å². The Bertz CT molecular complexity index is 1060. The molecule has 0 saturated carbocycles. The minimum absolute atomic E-state index is 0.137. The molecule has 0 aliphatic carbocycles. The Labute approximate surface area is 178 Å². The number of carbonyl (C=O) groups is 2. The lowest BCUT2D eigenvalue weighted by Crippen LogP contribution is -2.40. The molecule has 1 atom stereocenters. The van der Waals surface area contributed by atoms with E-state index in [2.05, 4.69) is 15.6 Å². The number of aromatic amines is 1. The molecule has 5 nitrogen and oxygen atoms in total. The topological polar surface area (TPSA) is 74.0 Å². The molecular formula is C23H21ClFN3O2. The molecular weight excluding hydrogens is 405 g/mol. The highest BCUT2D eigenvalue weighted by Crippen LogP contribution is 2.30. The fraction of sp³-hybridized carbons (Fsp3) is 0.217. The van der Waals surface area contributed by atoms with E-state index in [1.807, 2.05) is 30.3 Å². The summed E-state index contributed by atoms with van der Waals surface area (Å²) in [5.74, 6) is -0.614. The average Bonchev–Trinajstić information content (AvgIpc) is 3.34. The normalized spacial score (nSPS) is 15.8. The molecule has 1 saturated heterocycles. The molecule has 1 fully saturated rings. The number of halogens is 2. The SMILES string of the molecule is O=C(CCc1cc(-c2ccc(Cl)cc2)[nH]c1-c1ccc(F)cc1)NC1CCNC1=O. The number of hydrogen-bond donors (Lipinski definition) is 3. The molecule has 0 bridgehead atoms. The number of amides is 2. The third-order valence-corrected chi connectivity index (χ3v) is 5.44. The summed E-state index contributed by atoms with van der Waals surface area (Å²) in [6.07, 6.45) is 1.34. The van der Waals surface area contributed by atoms with Gasteiger partial charge in [0.05, 0.1) is 0 Å². The van der Waals surface area contributed by atoms with E-state index in [9.17, 15) is 14.0 Å². The van der Waals surface area contributed by atoms with Crippen LogP contribution in [-0.2, 0) is 16.0 Å². The highest BCUT2D eigenvalue weighted by Gasteiger charge is 2.25. The lowest BCUT2D eigenvalue weighted by Gasteiger charge is -2.10. The Kier molecular flexibility index (Phi) is 5.86. The third-order valence-electron chi connectivity index (χ3n) is 5.19. The summed E-state index contributed by atoms with van der Waals surface area (Å²) in [6.45, 7) is 0.584. The number of aryl methyl sites for hydroxylation is 1. The van der Waals surface area contributed by atoms with Crippen LogP contribution in [0.3, 0.4) is 0 Å². The van der Waals surface area contributed by atoms with Crippen LogP contribution in [0, 0.1) is 5.82 Å². The van der Waals surface area contributed by atoms with Crippen molar-refractivity contribution >= 4 is 23.4 Å². The van der Waals surface area contributed by atoms with E-state index in [0.29, 0.717) is 24.4 Å². The van der Waals surface area contributed by atoms with Crippen molar-refractivity contribution in [2.75, 3.05) is 6.54 Å². The number of rotatable bonds is 6. The van der Waals surface area contributed by atoms with Crippen molar-refractivity contribution in [2.24, 2.45) is 0 Å². The molecule has 7 heteroatoms. The summed E-state index contributed by atoms with van der Waals surface area (Å²) in [5, 5.41) is 6.15. The van der Waals surface area contributed by atoms with Gasteiger partial charge in [-0.1, -0.05) is 23.7 Å². The first-order valence-electron chi connectivity index (χ1n) is 9.80. The minimum Gasteiger partial charge on any atom is -0.354 e. The van der Waals surface area contributed by atoms with Gasteiger partial charge in [-0.2, -0.15) is 0 Å². The maximum atomic E-state index is 13.4. The first-order valence-corrected chi connectivity index (χ1v) is 10.2. The largest absolute Gasteiger partial charge is 0.354 e. The van der Waals surface area contributed by atoms with Crippen LogP contribution in [0.2, 0.25) is 5.02 Å². The van der Waals surface area contributed by atoms with Gasteiger partial charge in [-0.25, -0.2) is 4.39 Å². The summed E-state index contributed by atoms with van der Waals surface area (Å²) in [6, 6.07) is 15.2. The van der Waals surface area contributed by atoms with Gasteiger partial charge in [0.15, 0.2) is 0 Å². The summed E-state index contributed by atoms with van der Waals surface area (Å²) >= 11 is 5.99. The fourth-order valence-electron chi connectivity index (χ4n) is 3.60. The maximum absolute atomic E-state index is 13.4. The van der Waals surface area contributed by atoms with Gasteiger partial charge in [0.25, 0.3) is 0 Å². The molecule has 3 N–H and O–H groups in total. The molecule has 3 aromatic rings. The standard InChI is InChI=1S/C23H21ClFN3O2/c24-17-6-1-14(2-7-17)20-13-16(22(28-20)15-3-8-18(25)9-4-15)5-10-21(29)27-19-11-12-26-23(19)30/h1-4,6-9,13,19,28H,5,10-12H2,(H,26,30)(H,27,29). The molecule has 1 aliphatic rings. The number of aromatic nitrogens is 1. The molecule has 4 rings (SSSR count). The van der Waals surface area contributed by atoms with Crippen molar-refractivity contribution in [3.63, 3.8) is 0 Å². The molecule has 0 spiro atoms. The molecule has 1 unspecified atom stereocenters. The Hall–Kier alpha value is -3.12. The lowest BCUT2D eigenvalue weighted by molar-refractivity contribution is -0.127. The van der Waals surface area contributed by atoms with Crippen LogP contribution in [-0.4, -0.2) is 29.4 Å². The number of nitrogens with one attached hydrogen (secondary N) is 3. The number of benzene rings is 2. The maximum Gasteiger partial charge on any atom is 0.242 e. The molecule has 2 aromatic carbocycles. The molecule has 30 heavy (non-hydrogen) atoms. The van der Waals surface area contributed by atoms with Gasteiger partial charge in [0, 0.05) is 29.4 Å². The Balaban J connectivity index is 1.56. The predicted molar refractivity (Wildman–Crippen MR) is 115 cm³/mol. The van der Waals surface area contributed by atoms with Crippen molar-refractivity contribution in [3.8, 4) is 22.5 Å². The Morgan fingerprint density at radius 3 is 2.47 bits per heavy atom. The second kappa shape index (κ2) is 8.71. The van der Waals surface area contributed by atoms with Gasteiger partial charge in [-0.05, 0) is 72.0 Å². The first kappa shape index (κ1) is 20.2. The highest BCUT2D eigenvalue weighted by atomic mass is 35.5. The van der Waals surface area contributed by atoms with E-state index in [4.69, 9.17) is 11.6 Å². The van der Waals surface area contributed by atoms with Gasteiger partial charge in [-0.15, -0.1) is 0 Å². The van der Waals surface area contributed by atoms with Crippen LogP contribution in [0.5, 0.6) is 0 Å². The summed E-state index contributed by atoms with van der Waals surface area (Å²) in [4.78, 5) is 27.4. The van der Waals surface area contributed by atoms with Crippen molar-refractivity contribution in [1.29, 1.82) is 0 Å². The minimum atomic E-state index is -0.454. The zero-order valence-corrected chi connectivity index (χ0v) is 16.9. The molecule has 1 aromatic heterocycles.